The third-order valence-corrected chi connectivity index (χ3v) is 3.97. The van der Waals surface area contributed by atoms with Gasteiger partial charge in [0.25, 0.3) is 5.91 Å². The van der Waals surface area contributed by atoms with Crippen molar-refractivity contribution in [3.63, 3.8) is 0 Å². The molecular weight excluding hydrogens is 344 g/mol. The Bertz CT molecular complexity index is 864. The highest BCUT2D eigenvalue weighted by molar-refractivity contribution is 5.99. The lowest BCUT2D eigenvalue weighted by atomic mass is 10.1. The molecule has 1 aromatic heterocycles. The Morgan fingerprint density at radius 1 is 1.19 bits per heavy atom. The molecule has 2 amide bonds. The van der Waals surface area contributed by atoms with Crippen molar-refractivity contribution < 1.29 is 9.59 Å². The predicted octanol–water partition coefficient (Wildman–Crippen LogP) is 0.956. The molecule has 1 aliphatic heterocycles. The molecule has 0 saturated carbocycles. The van der Waals surface area contributed by atoms with E-state index in [-0.39, 0.29) is 18.2 Å². The van der Waals surface area contributed by atoms with Crippen LogP contribution in [0.1, 0.15) is 24.5 Å². The Balaban J connectivity index is 1.60. The summed E-state index contributed by atoms with van der Waals surface area (Å²) in [5, 5.41) is 4.05. The first-order valence-electron chi connectivity index (χ1n) is 8.52. The molecule has 0 unspecified atom stereocenters. The van der Waals surface area contributed by atoms with Crippen LogP contribution in [0, 0.1) is 0 Å². The van der Waals surface area contributed by atoms with Crippen LogP contribution in [0.25, 0.3) is 0 Å². The quantitative estimate of drug-likeness (QED) is 0.524. The summed E-state index contributed by atoms with van der Waals surface area (Å²) in [6.45, 7) is 1.77. The average molecular weight is 364 g/mol. The van der Waals surface area contributed by atoms with Crippen LogP contribution in [-0.4, -0.2) is 34.4 Å². The first-order valence-corrected chi connectivity index (χ1v) is 8.52. The zero-order valence-electron chi connectivity index (χ0n) is 14.8. The number of benzene rings is 1. The Hall–Kier alpha value is -3.55. The normalized spacial score (nSPS) is 16.8. The summed E-state index contributed by atoms with van der Waals surface area (Å²) in [5.74, 6) is -0.133. The summed E-state index contributed by atoms with van der Waals surface area (Å²) in [6.07, 6.45) is 3.77. The van der Waals surface area contributed by atoms with Crippen LogP contribution in [0.2, 0.25) is 0 Å². The molecule has 1 atom stereocenters. The van der Waals surface area contributed by atoms with Gasteiger partial charge in [0.15, 0.2) is 0 Å². The third-order valence-electron chi connectivity index (χ3n) is 3.97. The fourth-order valence-corrected chi connectivity index (χ4v) is 2.52. The second kappa shape index (κ2) is 8.70. The second-order valence-corrected chi connectivity index (χ2v) is 6.05. The van der Waals surface area contributed by atoms with Crippen LogP contribution >= 0.6 is 0 Å². The topological polar surface area (TPSA) is 108 Å². The molecular formula is C19H20N6O2. The minimum Gasteiger partial charge on any atom is -0.285 e. The van der Waals surface area contributed by atoms with Crippen molar-refractivity contribution in [2.45, 2.75) is 25.8 Å². The van der Waals surface area contributed by atoms with Gasteiger partial charge in [-0.05, 0) is 18.6 Å². The molecule has 0 bridgehead atoms. The molecule has 1 aliphatic rings. The average Bonchev–Trinajstić information content (AvgIpc) is 2.70. The predicted molar refractivity (Wildman–Crippen MR) is 102 cm³/mol. The molecule has 8 nitrogen and oxygen atoms in total. The van der Waals surface area contributed by atoms with E-state index in [1.807, 2.05) is 36.4 Å². The Morgan fingerprint density at radius 3 is 2.74 bits per heavy atom. The van der Waals surface area contributed by atoms with E-state index >= 15 is 0 Å². The van der Waals surface area contributed by atoms with Crippen molar-refractivity contribution in [1.82, 2.24) is 21.3 Å². The van der Waals surface area contributed by atoms with Crippen molar-refractivity contribution in [3.8, 4) is 0 Å². The molecule has 27 heavy (non-hydrogen) atoms. The lowest BCUT2D eigenvalue weighted by Crippen LogP contribution is -2.52. The number of amidine groups is 1. The molecule has 3 rings (SSSR count). The van der Waals surface area contributed by atoms with E-state index in [2.05, 4.69) is 31.4 Å². The number of hydrazone groups is 1. The number of hydrogen-bond donors (Lipinski definition) is 3. The lowest BCUT2D eigenvalue weighted by molar-refractivity contribution is -0.128. The molecule has 0 radical (unpaired) electrons. The highest BCUT2D eigenvalue weighted by Gasteiger charge is 2.25. The summed E-state index contributed by atoms with van der Waals surface area (Å²) < 4.78 is 0. The van der Waals surface area contributed by atoms with E-state index in [9.17, 15) is 9.59 Å². The molecule has 0 saturated heterocycles. The van der Waals surface area contributed by atoms with Gasteiger partial charge in [0.05, 0.1) is 12.1 Å². The molecule has 138 valence electrons. The van der Waals surface area contributed by atoms with Crippen molar-refractivity contribution in [3.05, 3.63) is 66.0 Å². The van der Waals surface area contributed by atoms with Gasteiger partial charge in [0.1, 0.15) is 11.9 Å². The van der Waals surface area contributed by atoms with E-state index in [4.69, 9.17) is 0 Å². The van der Waals surface area contributed by atoms with Crippen molar-refractivity contribution in [1.29, 1.82) is 0 Å². The van der Waals surface area contributed by atoms with Gasteiger partial charge in [0, 0.05) is 24.4 Å². The summed E-state index contributed by atoms with van der Waals surface area (Å²) in [7, 11) is 0. The Morgan fingerprint density at radius 2 is 2.00 bits per heavy atom. The van der Waals surface area contributed by atoms with Crippen LogP contribution in [-0.2, 0) is 16.0 Å². The van der Waals surface area contributed by atoms with Crippen molar-refractivity contribution in [2.75, 3.05) is 0 Å². The largest absolute Gasteiger partial charge is 0.285 e. The highest BCUT2D eigenvalue weighted by atomic mass is 16.2. The Labute approximate surface area is 156 Å². The second-order valence-electron chi connectivity index (χ2n) is 6.05. The number of carbonyl (C=O) groups is 2. The Kier molecular flexibility index (Phi) is 5.88. The van der Waals surface area contributed by atoms with Gasteiger partial charge in [-0.25, -0.2) is 5.43 Å². The number of carbonyl (C=O) groups excluding carboxylic acids is 2. The van der Waals surface area contributed by atoms with E-state index in [0.717, 1.165) is 11.1 Å². The van der Waals surface area contributed by atoms with E-state index in [1.165, 1.54) is 0 Å². The van der Waals surface area contributed by atoms with Crippen molar-refractivity contribution >= 4 is 23.4 Å². The minimum atomic E-state index is -0.793. The number of aromatic nitrogens is 1. The van der Waals surface area contributed by atoms with Crippen LogP contribution in [0.5, 0.6) is 0 Å². The van der Waals surface area contributed by atoms with Crippen molar-refractivity contribution in [2.24, 2.45) is 10.1 Å². The molecule has 0 fully saturated rings. The zero-order valence-corrected chi connectivity index (χ0v) is 14.8. The van der Waals surface area contributed by atoms with Gasteiger partial charge in [-0.2, -0.15) is 5.10 Å². The zero-order chi connectivity index (χ0) is 19.1. The maximum Gasteiger partial charge on any atom is 0.263 e. The number of rotatable bonds is 6. The minimum absolute atomic E-state index is 0.0877. The van der Waals surface area contributed by atoms with Crippen LogP contribution in [0.15, 0.2) is 65.0 Å². The van der Waals surface area contributed by atoms with E-state index in [0.29, 0.717) is 18.0 Å². The first-order chi connectivity index (χ1) is 13.1. The molecule has 3 N–H and O–H groups in total. The molecule has 1 aromatic carbocycles. The molecule has 0 spiro atoms. The van der Waals surface area contributed by atoms with E-state index in [1.54, 1.807) is 25.4 Å². The number of hydrazine groups is 1. The van der Waals surface area contributed by atoms with Crippen LogP contribution in [0.4, 0.5) is 0 Å². The first kappa shape index (κ1) is 18.2. The maximum atomic E-state index is 12.2. The highest BCUT2D eigenvalue weighted by Crippen LogP contribution is 2.07. The summed E-state index contributed by atoms with van der Waals surface area (Å²) >= 11 is 0. The van der Waals surface area contributed by atoms with Gasteiger partial charge in [0.2, 0.25) is 5.91 Å². The maximum absolute atomic E-state index is 12.2. The molecule has 2 heterocycles. The smallest absolute Gasteiger partial charge is 0.263 e. The molecule has 2 aromatic rings. The summed E-state index contributed by atoms with van der Waals surface area (Å²) in [5.41, 5.74) is 10.3. The van der Waals surface area contributed by atoms with Crippen LogP contribution in [0.3, 0.4) is 0 Å². The van der Waals surface area contributed by atoms with Gasteiger partial charge in [-0.3, -0.25) is 30.4 Å². The summed E-state index contributed by atoms with van der Waals surface area (Å²) in [4.78, 5) is 32.5. The van der Waals surface area contributed by atoms with Gasteiger partial charge in [-0.15, -0.1) is 0 Å². The van der Waals surface area contributed by atoms with Gasteiger partial charge in [-0.1, -0.05) is 36.4 Å². The fourth-order valence-electron chi connectivity index (χ4n) is 2.52. The summed E-state index contributed by atoms with van der Waals surface area (Å²) in [6, 6.07) is 12.6. The number of hydrogen-bond acceptors (Lipinski definition) is 6. The van der Waals surface area contributed by atoms with Gasteiger partial charge >= 0.3 is 0 Å². The SMILES string of the molecule is C/C(=N\NC(=O)C[C@H]1N=C(Cc2ccccc2)NNC1=O)c1cccnc1. The number of aliphatic imine (C=N–C) groups is 1. The van der Waals surface area contributed by atoms with Crippen LogP contribution < -0.4 is 16.3 Å². The van der Waals surface area contributed by atoms with Gasteiger partial charge < -0.3 is 0 Å². The molecule has 8 heteroatoms. The fraction of sp³-hybridized carbons (Fsp3) is 0.211. The number of nitrogens with zero attached hydrogens (tertiary/aromatic N) is 3. The third kappa shape index (κ3) is 5.21. The number of amides is 2. The number of pyridine rings is 1. The molecule has 0 aliphatic carbocycles. The monoisotopic (exact) mass is 364 g/mol. The lowest BCUT2D eigenvalue weighted by Gasteiger charge is -2.21. The number of nitrogens with one attached hydrogen (secondary N) is 3. The van der Waals surface area contributed by atoms with E-state index < -0.39 is 6.04 Å². The standard InChI is InChI=1S/C19H20N6O2/c1-13(15-8-5-9-20-12-15)22-24-18(26)11-16-19(27)25-23-17(21-16)10-14-6-3-2-4-7-14/h2-9,12,16H,10-11H2,1H3,(H,21,23)(H,24,26)(H,25,27)/b22-13+/t16-/m1/s1.